The molecule has 21 heavy (non-hydrogen) atoms. The van der Waals surface area contributed by atoms with Gasteiger partial charge in [-0.25, -0.2) is 17.9 Å². The number of aryl methyl sites for hydroxylation is 1. The van der Waals surface area contributed by atoms with Gasteiger partial charge in [0.05, 0.1) is 0 Å². The second-order valence-corrected chi connectivity index (χ2v) is 7.63. The van der Waals surface area contributed by atoms with Crippen LogP contribution >= 0.6 is 0 Å². The Morgan fingerprint density at radius 1 is 1.33 bits per heavy atom. The minimum atomic E-state index is -3.70. The molecule has 2 rings (SSSR count). The lowest BCUT2D eigenvalue weighted by molar-refractivity contribution is 0.0690. The van der Waals surface area contributed by atoms with Crippen LogP contribution in [0.25, 0.3) is 0 Å². The molecule has 1 saturated carbocycles. The molecule has 0 radical (unpaired) electrons. The third-order valence-electron chi connectivity index (χ3n) is 4.11. The molecule has 2 unspecified atom stereocenters. The second-order valence-electron chi connectivity index (χ2n) is 5.97. The van der Waals surface area contributed by atoms with Crippen LogP contribution in [0.3, 0.4) is 0 Å². The van der Waals surface area contributed by atoms with Gasteiger partial charge >= 0.3 is 5.97 Å². The summed E-state index contributed by atoms with van der Waals surface area (Å²) in [7, 11) is -3.70. The molecule has 2 atom stereocenters. The van der Waals surface area contributed by atoms with Crippen LogP contribution < -0.4 is 4.72 Å². The molecule has 1 aliphatic rings. The van der Waals surface area contributed by atoms with E-state index in [2.05, 4.69) is 16.6 Å². The van der Waals surface area contributed by atoms with Crippen molar-refractivity contribution in [3.05, 3.63) is 17.0 Å². The lowest BCUT2D eigenvalue weighted by atomic mass is 9.88. The van der Waals surface area contributed by atoms with Crippen molar-refractivity contribution in [2.24, 2.45) is 5.92 Å². The van der Waals surface area contributed by atoms with Crippen molar-refractivity contribution >= 4 is 16.0 Å². The van der Waals surface area contributed by atoms with Crippen LogP contribution in [0.4, 0.5) is 0 Å². The number of carboxylic acids is 1. The summed E-state index contributed by atoms with van der Waals surface area (Å²) in [5.74, 6) is -0.641. The summed E-state index contributed by atoms with van der Waals surface area (Å²) in [5.41, 5.74) is 0.558. The number of aromatic carboxylic acids is 1. The largest absolute Gasteiger partial charge is 0.477 e. The Morgan fingerprint density at radius 3 is 2.52 bits per heavy atom. The third kappa shape index (κ3) is 3.29. The zero-order valence-corrected chi connectivity index (χ0v) is 13.4. The molecule has 6 nitrogen and oxygen atoms in total. The average molecular weight is 314 g/mol. The number of rotatable bonds is 4. The molecule has 0 aliphatic heterocycles. The number of carboxylic acid groups (broad SMARTS) is 1. The van der Waals surface area contributed by atoms with Gasteiger partial charge in [-0.3, -0.25) is 0 Å². The number of aromatic amines is 1. The summed E-state index contributed by atoms with van der Waals surface area (Å²) in [5, 5.41) is 9.08. The van der Waals surface area contributed by atoms with Crippen molar-refractivity contribution in [1.29, 1.82) is 0 Å². The van der Waals surface area contributed by atoms with Crippen molar-refractivity contribution in [3.8, 4) is 0 Å². The maximum Gasteiger partial charge on any atom is 0.352 e. The number of carbonyl (C=O) groups is 1. The van der Waals surface area contributed by atoms with Gasteiger partial charge in [-0.05, 0) is 32.6 Å². The van der Waals surface area contributed by atoms with Gasteiger partial charge in [-0.15, -0.1) is 0 Å². The Kier molecular flexibility index (Phi) is 4.43. The highest BCUT2D eigenvalue weighted by Gasteiger charge is 2.30. The van der Waals surface area contributed by atoms with Crippen LogP contribution in [-0.4, -0.2) is 30.5 Å². The van der Waals surface area contributed by atoms with Crippen molar-refractivity contribution in [3.63, 3.8) is 0 Å². The standard InChI is InChI=1S/C14H22N2O4S/c1-8-5-4-6-11(7-8)16-21(19,20)13-9(2)12(14(17)18)15-10(13)3/h8,11,15-16H,4-7H2,1-3H3,(H,17,18). The highest BCUT2D eigenvalue weighted by Crippen LogP contribution is 2.27. The average Bonchev–Trinajstić information content (AvgIpc) is 2.64. The number of nitrogens with one attached hydrogen (secondary N) is 2. The van der Waals surface area contributed by atoms with E-state index in [1.165, 1.54) is 6.92 Å². The molecule has 1 heterocycles. The Hall–Kier alpha value is -1.34. The molecule has 1 aliphatic carbocycles. The van der Waals surface area contributed by atoms with E-state index >= 15 is 0 Å². The fourth-order valence-electron chi connectivity index (χ4n) is 3.17. The molecule has 7 heteroatoms. The van der Waals surface area contributed by atoms with Crippen LogP contribution in [0, 0.1) is 19.8 Å². The fraction of sp³-hybridized carbons (Fsp3) is 0.643. The van der Waals surface area contributed by atoms with Gasteiger partial charge in [0, 0.05) is 17.3 Å². The molecule has 1 aromatic rings. The molecule has 0 spiro atoms. The maximum atomic E-state index is 12.6. The third-order valence-corrected chi connectivity index (χ3v) is 5.90. The number of hydrogen-bond donors (Lipinski definition) is 3. The quantitative estimate of drug-likeness (QED) is 0.793. The first-order valence-corrected chi connectivity index (χ1v) is 8.65. The fourth-order valence-corrected chi connectivity index (χ4v) is 4.90. The van der Waals surface area contributed by atoms with Crippen LogP contribution in [-0.2, 0) is 10.0 Å². The monoisotopic (exact) mass is 314 g/mol. The predicted molar refractivity (Wildman–Crippen MR) is 79.0 cm³/mol. The SMILES string of the molecule is Cc1[nH]c(C(=O)O)c(C)c1S(=O)(=O)NC1CCCC(C)C1. The van der Waals surface area contributed by atoms with Gasteiger partial charge < -0.3 is 10.1 Å². The normalized spacial score (nSPS) is 23.2. The van der Waals surface area contributed by atoms with Crippen molar-refractivity contribution in [2.75, 3.05) is 0 Å². The van der Waals surface area contributed by atoms with E-state index in [1.54, 1.807) is 6.92 Å². The summed E-state index contributed by atoms with van der Waals surface area (Å²) in [6, 6.07) is -0.0688. The van der Waals surface area contributed by atoms with Crippen LogP contribution in [0.2, 0.25) is 0 Å². The van der Waals surface area contributed by atoms with Crippen LogP contribution in [0.1, 0.15) is 54.4 Å². The summed E-state index contributed by atoms with van der Waals surface area (Å²) in [6.07, 6.45) is 3.80. The number of H-pyrrole nitrogens is 1. The van der Waals surface area contributed by atoms with Gasteiger partial charge in [0.15, 0.2) is 0 Å². The molecule has 0 saturated heterocycles. The molecular weight excluding hydrogens is 292 g/mol. The second kappa shape index (κ2) is 5.81. The first-order chi connectivity index (χ1) is 9.72. The highest BCUT2D eigenvalue weighted by atomic mass is 32.2. The van der Waals surface area contributed by atoms with Crippen LogP contribution in [0.5, 0.6) is 0 Å². The van der Waals surface area contributed by atoms with E-state index in [4.69, 9.17) is 5.11 Å². The van der Waals surface area contributed by atoms with E-state index in [0.29, 0.717) is 11.6 Å². The Bertz CT molecular complexity index is 648. The number of sulfonamides is 1. The van der Waals surface area contributed by atoms with Crippen molar-refractivity contribution in [1.82, 2.24) is 9.71 Å². The lowest BCUT2D eigenvalue weighted by Crippen LogP contribution is -2.38. The summed E-state index contributed by atoms with van der Waals surface area (Å²) < 4.78 is 27.9. The summed E-state index contributed by atoms with van der Waals surface area (Å²) in [4.78, 5) is 13.8. The molecule has 118 valence electrons. The van der Waals surface area contributed by atoms with E-state index in [0.717, 1.165) is 25.7 Å². The van der Waals surface area contributed by atoms with E-state index < -0.39 is 16.0 Å². The maximum absolute atomic E-state index is 12.6. The molecule has 0 amide bonds. The lowest BCUT2D eigenvalue weighted by Gasteiger charge is -2.27. The Labute approximate surface area is 125 Å². The van der Waals surface area contributed by atoms with Gasteiger partial charge in [-0.2, -0.15) is 0 Å². The van der Waals surface area contributed by atoms with E-state index in [-0.39, 0.29) is 22.2 Å². The molecule has 0 bridgehead atoms. The molecule has 1 aromatic heterocycles. The Morgan fingerprint density at radius 2 is 2.00 bits per heavy atom. The predicted octanol–water partition coefficient (Wildman–Crippen LogP) is 2.19. The van der Waals surface area contributed by atoms with E-state index in [1.807, 2.05) is 0 Å². The van der Waals surface area contributed by atoms with Crippen molar-refractivity contribution < 1.29 is 18.3 Å². The van der Waals surface area contributed by atoms with Gasteiger partial charge in [-0.1, -0.05) is 19.8 Å². The van der Waals surface area contributed by atoms with Gasteiger partial charge in [0.2, 0.25) is 10.0 Å². The molecule has 1 fully saturated rings. The highest BCUT2D eigenvalue weighted by molar-refractivity contribution is 7.89. The summed E-state index contributed by atoms with van der Waals surface area (Å²) in [6.45, 7) is 5.22. The molecular formula is C14H22N2O4S. The molecule has 3 N–H and O–H groups in total. The first-order valence-electron chi connectivity index (χ1n) is 7.17. The summed E-state index contributed by atoms with van der Waals surface area (Å²) >= 11 is 0. The minimum Gasteiger partial charge on any atom is -0.477 e. The minimum absolute atomic E-state index is 0.0649. The number of aromatic nitrogens is 1. The van der Waals surface area contributed by atoms with Crippen molar-refractivity contribution in [2.45, 2.75) is 57.4 Å². The first kappa shape index (κ1) is 16.0. The van der Waals surface area contributed by atoms with Gasteiger partial charge in [0.25, 0.3) is 0 Å². The topological polar surface area (TPSA) is 99.3 Å². The molecule has 0 aromatic carbocycles. The zero-order valence-electron chi connectivity index (χ0n) is 12.6. The van der Waals surface area contributed by atoms with E-state index in [9.17, 15) is 13.2 Å². The Balaban J connectivity index is 2.29. The van der Waals surface area contributed by atoms with Gasteiger partial charge in [0.1, 0.15) is 10.6 Å². The smallest absolute Gasteiger partial charge is 0.352 e. The number of hydrogen-bond acceptors (Lipinski definition) is 3. The van der Waals surface area contributed by atoms with Crippen LogP contribution in [0.15, 0.2) is 4.90 Å². The zero-order chi connectivity index (χ0) is 15.8.